The van der Waals surface area contributed by atoms with Gasteiger partial charge in [0.1, 0.15) is 22.4 Å². The van der Waals surface area contributed by atoms with Crippen molar-refractivity contribution in [3.63, 3.8) is 0 Å². The molecular formula is C31H31F2N9OS. The van der Waals surface area contributed by atoms with Gasteiger partial charge in [0, 0.05) is 55.3 Å². The Hall–Kier alpha value is -3.70. The van der Waals surface area contributed by atoms with Gasteiger partial charge in [-0.05, 0) is 49.9 Å². The zero-order valence-electron chi connectivity index (χ0n) is 24.1. The minimum Gasteiger partial charge on any atom is -0.389 e. The van der Waals surface area contributed by atoms with Crippen molar-refractivity contribution < 1.29 is 13.5 Å². The Morgan fingerprint density at radius 2 is 1.77 bits per heavy atom. The average molecular weight is 616 g/mol. The van der Waals surface area contributed by atoms with Gasteiger partial charge in [0.05, 0.1) is 40.8 Å². The molecule has 3 aromatic heterocycles. The number of nitrogen functional groups attached to an aromatic ring is 1. The van der Waals surface area contributed by atoms with Crippen molar-refractivity contribution in [3.8, 4) is 17.3 Å². The number of fused-ring (bicyclic) bond motifs is 6. The first-order valence-corrected chi connectivity index (χ1v) is 16.2. The van der Waals surface area contributed by atoms with E-state index in [2.05, 4.69) is 31.1 Å². The summed E-state index contributed by atoms with van der Waals surface area (Å²) in [6, 6.07) is 3.07. The molecule has 0 saturated carbocycles. The van der Waals surface area contributed by atoms with Crippen LogP contribution in [0.25, 0.3) is 32.2 Å². The van der Waals surface area contributed by atoms with Crippen molar-refractivity contribution in [2.75, 3.05) is 54.8 Å². The number of hydrogen-bond donors (Lipinski definition) is 2. The van der Waals surface area contributed by atoms with E-state index in [9.17, 15) is 9.65 Å². The number of nitriles is 1. The molecule has 226 valence electrons. The molecule has 1 aromatic carbocycles. The van der Waals surface area contributed by atoms with Gasteiger partial charge in [-0.2, -0.15) is 10.2 Å². The van der Waals surface area contributed by atoms with Gasteiger partial charge >= 0.3 is 0 Å². The van der Waals surface area contributed by atoms with Gasteiger partial charge in [-0.15, -0.1) is 11.3 Å². The molecule has 8 heterocycles. The summed E-state index contributed by atoms with van der Waals surface area (Å²) >= 11 is 0.975. The molecule has 2 unspecified atom stereocenters. The lowest BCUT2D eigenvalue weighted by Crippen LogP contribution is -2.59. The molecule has 44 heavy (non-hydrogen) atoms. The number of nitrogens with two attached hydrogens (primary N) is 1. The third kappa shape index (κ3) is 3.74. The number of nitrogens with zero attached hydrogens (tertiary/aromatic N) is 7. The smallest absolute Gasteiger partial charge is 0.228 e. The van der Waals surface area contributed by atoms with Crippen LogP contribution in [0.1, 0.15) is 42.4 Å². The highest BCUT2D eigenvalue weighted by Crippen LogP contribution is 2.48. The first kappa shape index (κ1) is 26.7. The van der Waals surface area contributed by atoms with Crippen LogP contribution >= 0.6 is 11.3 Å². The second-order valence-corrected chi connectivity index (χ2v) is 13.6. The molecule has 2 bridgehead atoms. The lowest BCUT2D eigenvalue weighted by Gasteiger charge is -2.44. The molecule has 9 rings (SSSR count). The Kier molecular flexibility index (Phi) is 6.00. The molecule has 0 aliphatic carbocycles. The van der Waals surface area contributed by atoms with Gasteiger partial charge in [-0.1, -0.05) is 0 Å². The number of anilines is 3. The lowest BCUT2D eigenvalue weighted by molar-refractivity contribution is 0.135. The third-order valence-electron chi connectivity index (χ3n) is 10.2. The van der Waals surface area contributed by atoms with Gasteiger partial charge < -0.3 is 25.6 Å². The fourth-order valence-corrected chi connectivity index (χ4v) is 8.96. The van der Waals surface area contributed by atoms with Crippen LogP contribution in [0.2, 0.25) is 0 Å². The van der Waals surface area contributed by atoms with E-state index in [0.717, 1.165) is 81.0 Å². The van der Waals surface area contributed by atoms with Gasteiger partial charge in [0.25, 0.3) is 0 Å². The second-order valence-electron chi connectivity index (χ2n) is 12.6. The molecule has 0 spiro atoms. The monoisotopic (exact) mass is 615 g/mol. The predicted molar refractivity (Wildman–Crippen MR) is 165 cm³/mol. The second kappa shape index (κ2) is 9.90. The van der Waals surface area contributed by atoms with Crippen LogP contribution in [0.15, 0.2) is 6.20 Å². The summed E-state index contributed by atoms with van der Waals surface area (Å²) in [5.74, 6) is 0.148. The van der Waals surface area contributed by atoms with E-state index >= 15 is 4.39 Å². The van der Waals surface area contributed by atoms with Crippen LogP contribution in [0.5, 0.6) is 0 Å². The van der Waals surface area contributed by atoms with Crippen molar-refractivity contribution >= 4 is 49.1 Å². The summed E-state index contributed by atoms with van der Waals surface area (Å²) in [7, 11) is 0. The zero-order chi connectivity index (χ0) is 29.7. The highest BCUT2D eigenvalue weighted by molar-refractivity contribution is 7.23. The van der Waals surface area contributed by atoms with E-state index in [1.807, 2.05) is 0 Å². The molecular weight excluding hydrogens is 584 g/mol. The molecule has 3 N–H and O–H groups in total. The maximum Gasteiger partial charge on any atom is 0.228 e. The number of pyridine rings is 1. The fourth-order valence-electron chi connectivity index (χ4n) is 8.04. The van der Waals surface area contributed by atoms with E-state index in [0.29, 0.717) is 22.9 Å². The molecule has 0 radical (unpaired) electrons. The Labute approximate surface area is 256 Å². The lowest BCUT2D eigenvalue weighted by atomic mass is 9.93. The first-order chi connectivity index (χ1) is 21.5. The minimum atomic E-state index is -0.595. The van der Waals surface area contributed by atoms with Gasteiger partial charge in [0.15, 0.2) is 11.6 Å². The van der Waals surface area contributed by atoms with Crippen molar-refractivity contribution in [2.24, 2.45) is 0 Å². The highest BCUT2D eigenvalue weighted by Gasteiger charge is 2.42. The molecule has 2 atom stereocenters. The van der Waals surface area contributed by atoms with Crippen LogP contribution in [-0.2, 0) is 18.0 Å². The fraction of sp³-hybridized carbons (Fsp3) is 0.484. The SMILES string of the molecule is N#Cc1c(N)sc2c(F)cnc(-c3c4c(c5c(N6C7CCC6CNC7)nc(N6CC(N7CCCC7)C6)nc5c3F)COC4)c12. The largest absolute Gasteiger partial charge is 0.389 e. The predicted octanol–water partition coefficient (Wildman–Crippen LogP) is 3.89. The molecule has 4 aromatic rings. The summed E-state index contributed by atoms with van der Waals surface area (Å²) in [6.45, 7) is 6.00. The Bertz CT molecular complexity index is 1880. The van der Waals surface area contributed by atoms with E-state index in [-0.39, 0.29) is 62.7 Å². The Morgan fingerprint density at radius 3 is 2.52 bits per heavy atom. The van der Waals surface area contributed by atoms with Crippen molar-refractivity contribution in [2.45, 2.75) is 57.0 Å². The third-order valence-corrected chi connectivity index (χ3v) is 11.3. The van der Waals surface area contributed by atoms with Gasteiger partial charge in [-0.3, -0.25) is 9.88 Å². The highest BCUT2D eigenvalue weighted by atomic mass is 32.1. The molecule has 5 aliphatic heterocycles. The molecule has 4 fully saturated rings. The van der Waals surface area contributed by atoms with E-state index in [1.165, 1.54) is 12.8 Å². The Balaban J connectivity index is 1.28. The maximum atomic E-state index is 17.3. The molecule has 5 aliphatic rings. The number of nitrogens with one attached hydrogen (secondary N) is 1. The number of hydrogen-bond acceptors (Lipinski definition) is 11. The minimum absolute atomic E-state index is 0.106. The summed E-state index contributed by atoms with van der Waals surface area (Å²) in [5.41, 5.74) is 8.31. The number of thiophene rings is 1. The normalized spacial score (nSPS) is 23.6. The van der Waals surface area contributed by atoms with Crippen molar-refractivity contribution in [3.05, 3.63) is 34.5 Å². The number of ether oxygens (including phenoxy) is 1. The van der Waals surface area contributed by atoms with Crippen molar-refractivity contribution in [1.82, 2.24) is 25.2 Å². The average Bonchev–Trinajstić information content (AvgIpc) is 3.80. The number of piperazine rings is 1. The summed E-state index contributed by atoms with van der Waals surface area (Å²) in [5, 5.41) is 14.6. The van der Waals surface area contributed by atoms with Gasteiger partial charge in [0.2, 0.25) is 5.95 Å². The topological polar surface area (TPSA) is 119 Å². The van der Waals surface area contributed by atoms with Crippen LogP contribution in [0.4, 0.5) is 25.5 Å². The molecule has 10 nitrogen and oxygen atoms in total. The van der Waals surface area contributed by atoms with E-state index < -0.39 is 11.6 Å². The van der Waals surface area contributed by atoms with E-state index in [4.69, 9.17) is 20.4 Å². The Morgan fingerprint density at radius 1 is 1.02 bits per heavy atom. The van der Waals surface area contributed by atoms with Crippen LogP contribution < -0.4 is 20.9 Å². The molecule has 4 saturated heterocycles. The van der Waals surface area contributed by atoms with Crippen LogP contribution in [-0.4, -0.2) is 77.2 Å². The quantitative estimate of drug-likeness (QED) is 0.350. The first-order valence-electron chi connectivity index (χ1n) is 15.4. The van der Waals surface area contributed by atoms with Crippen molar-refractivity contribution in [1.29, 1.82) is 5.26 Å². The van der Waals surface area contributed by atoms with Crippen LogP contribution in [0.3, 0.4) is 0 Å². The number of rotatable bonds is 4. The zero-order valence-corrected chi connectivity index (χ0v) is 24.9. The maximum absolute atomic E-state index is 17.3. The van der Waals surface area contributed by atoms with Gasteiger partial charge in [-0.25, -0.2) is 13.8 Å². The summed E-state index contributed by atoms with van der Waals surface area (Å²) in [6.07, 6.45) is 5.63. The summed E-state index contributed by atoms with van der Waals surface area (Å²) < 4.78 is 38.4. The van der Waals surface area contributed by atoms with Crippen LogP contribution in [0, 0.1) is 23.0 Å². The number of aromatic nitrogens is 3. The molecule has 13 heteroatoms. The molecule has 0 amide bonds. The number of likely N-dealkylation sites (tertiary alicyclic amines) is 1. The number of benzene rings is 1. The summed E-state index contributed by atoms with van der Waals surface area (Å²) in [4.78, 5) is 21.6. The van der Waals surface area contributed by atoms with E-state index in [1.54, 1.807) is 0 Å². The number of halogens is 2. The standard InChI is InChI=1S/C31H31F2N9OS/c32-21-10-37-26(23-18(7-34)29(35)44-28(21)23)22-19-13-43-14-20(19)24-27(25(22)33)38-31(41-11-17(12-41)40-5-1-2-6-40)39-30(24)42-15-3-4-16(42)9-36-8-15/h10,15-17,36H,1-6,8-9,11-14,35H2.